The molecule has 1 amide bonds. The number of amides is 1. The van der Waals surface area contributed by atoms with Gasteiger partial charge in [0.05, 0.1) is 11.5 Å². The van der Waals surface area contributed by atoms with Crippen molar-refractivity contribution in [1.29, 1.82) is 0 Å². The average molecular weight is 411 g/mol. The zero-order chi connectivity index (χ0) is 21.7. The Hall–Kier alpha value is -3.02. The number of nitrogens with zero attached hydrogens (tertiary/aromatic N) is 1. The SMILES string of the molecule is CCCC(c1ccc(O)cc1N1CCCCC1)C(C(N)=O)c1ccc(C(=O)O)cc1. The van der Waals surface area contributed by atoms with Gasteiger partial charge in [-0.15, -0.1) is 0 Å². The number of aromatic hydroxyl groups is 1. The standard InChI is InChI=1S/C24H30N2O4/c1-2-6-20(22(23(25)28)16-7-9-17(10-8-16)24(29)30)19-12-11-18(27)15-21(19)26-13-4-3-5-14-26/h7-12,15,20,22,27H,2-6,13-14H2,1H3,(H2,25,28)(H,29,30). The third-order valence-electron chi connectivity index (χ3n) is 5.94. The minimum absolute atomic E-state index is 0.166. The number of carboxylic acid groups (broad SMARTS) is 1. The Morgan fingerprint density at radius 3 is 2.30 bits per heavy atom. The molecule has 0 radical (unpaired) electrons. The van der Waals surface area contributed by atoms with Gasteiger partial charge in [-0.3, -0.25) is 4.79 Å². The van der Waals surface area contributed by atoms with Gasteiger partial charge in [-0.25, -0.2) is 4.79 Å². The van der Waals surface area contributed by atoms with Gasteiger partial charge in [0.1, 0.15) is 5.75 Å². The fourth-order valence-electron chi connectivity index (χ4n) is 4.49. The number of carboxylic acids is 1. The predicted octanol–water partition coefficient (Wildman–Crippen LogP) is 4.23. The van der Waals surface area contributed by atoms with Crippen molar-refractivity contribution >= 4 is 17.6 Å². The zero-order valence-electron chi connectivity index (χ0n) is 17.4. The molecule has 0 spiro atoms. The lowest BCUT2D eigenvalue weighted by molar-refractivity contribution is -0.120. The van der Waals surface area contributed by atoms with E-state index < -0.39 is 17.8 Å². The number of anilines is 1. The number of piperidine rings is 1. The highest BCUT2D eigenvalue weighted by molar-refractivity contribution is 5.88. The highest BCUT2D eigenvalue weighted by Crippen LogP contribution is 2.42. The Kier molecular flexibility index (Phi) is 6.98. The molecule has 6 nitrogen and oxygen atoms in total. The van der Waals surface area contributed by atoms with E-state index in [1.54, 1.807) is 24.3 Å². The summed E-state index contributed by atoms with van der Waals surface area (Å²) < 4.78 is 0. The summed E-state index contributed by atoms with van der Waals surface area (Å²) in [6.07, 6.45) is 5.01. The van der Waals surface area contributed by atoms with E-state index in [0.29, 0.717) is 5.56 Å². The molecule has 2 aromatic carbocycles. The molecule has 2 unspecified atom stereocenters. The number of hydrogen-bond donors (Lipinski definition) is 3. The number of carbonyl (C=O) groups is 2. The number of hydrogen-bond acceptors (Lipinski definition) is 4. The molecule has 0 saturated carbocycles. The van der Waals surface area contributed by atoms with Crippen LogP contribution in [0.2, 0.25) is 0 Å². The third kappa shape index (κ3) is 4.75. The van der Waals surface area contributed by atoms with Gasteiger partial charge in [-0.1, -0.05) is 31.5 Å². The first-order valence-electron chi connectivity index (χ1n) is 10.6. The largest absolute Gasteiger partial charge is 0.508 e. The van der Waals surface area contributed by atoms with E-state index in [4.69, 9.17) is 5.73 Å². The lowest BCUT2D eigenvalue weighted by atomic mass is 9.77. The van der Waals surface area contributed by atoms with Crippen LogP contribution in [-0.4, -0.2) is 35.2 Å². The summed E-state index contributed by atoms with van der Waals surface area (Å²) in [4.78, 5) is 26.1. The van der Waals surface area contributed by atoms with Gasteiger partial charge < -0.3 is 20.8 Å². The van der Waals surface area contributed by atoms with E-state index >= 15 is 0 Å². The molecule has 30 heavy (non-hydrogen) atoms. The van der Waals surface area contributed by atoms with Crippen molar-refractivity contribution < 1.29 is 19.8 Å². The van der Waals surface area contributed by atoms with Crippen LogP contribution in [0.1, 0.15) is 72.3 Å². The van der Waals surface area contributed by atoms with Crippen LogP contribution in [0.5, 0.6) is 5.75 Å². The van der Waals surface area contributed by atoms with E-state index in [1.165, 1.54) is 18.6 Å². The first-order chi connectivity index (χ1) is 14.4. The molecule has 0 bridgehead atoms. The molecule has 2 aromatic rings. The molecular formula is C24H30N2O4. The molecule has 160 valence electrons. The van der Waals surface area contributed by atoms with Crippen LogP contribution in [0, 0.1) is 0 Å². The monoisotopic (exact) mass is 410 g/mol. The van der Waals surface area contributed by atoms with E-state index in [0.717, 1.165) is 50.0 Å². The lowest BCUT2D eigenvalue weighted by Crippen LogP contribution is -2.32. The number of rotatable bonds is 8. The molecule has 1 saturated heterocycles. The number of phenolic OH excluding ortho intramolecular Hbond substituents is 1. The summed E-state index contributed by atoms with van der Waals surface area (Å²) >= 11 is 0. The zero-order valence-corrected chi connectivity index (χ0v) is 17.4. The Bertz CT molecular complexity index is 889. The third-order valence-corrected chi connectivity index (χ3v) is 5.94. The number of phenols is 1. The molecule has 1 heterocycles. The Balaban J connectivity index is 2.06. The fraction of sp³-hybridized carbons (Fsp3) is 0.417. The van der Waals surface area contributed by atoms with Crippen LogP contribution in [-0.2, 0) is 4.79 Å². The summed E-state index contributed by atoms with van der Waals surface area (Å²) in [5.74, 6) is -1.99. The summed E-state index contributed by atoms with van der Waals surface area (Å²) in [6, 6.07) is 11.7. The highest BCUT2D eigenvalue weighted by atomic mass is 16.4. The number of primary amides is 1. The van der Waals surface area contributed by atoms with Crippen molar-refractivity contribution in [3.8, 4) is 5.75 Å². The van der Waals surface area contributed by atoms with Gasteiger partial charge in [-0.05, 0) is 55.0 Å². The van der Waals surface area contributed by atoms with E-state index in [1.807, 2.05) is 6.07 Å². The van der Waals surface area contributed by atoms with Crippen LogP contribution in [0.25, 0.3) is 0 Å². The molecule has 0 aliphatic carbocycles. The van der Waals surface area contributed by atoms with Crippen molar-refractivity contribution in [2.24, 2.45) is 5.73 Å². The van der Waals surface area contributed by atoms with E-state index in [9.17, 15) is 19.8 Å². The Morgan fingerprint density at radius 1 is 1.07 bits per heavy atom. The predicted molar refractivity (Wildman–Crippen MR) is 117 cm³/mol. The van der Waals surface area contributed by atoms with Gasteiger partial charge in [0, 0.05) is 30.8 Å². The highest BCUT2D eigenvalue weighted by Gasteiger charge is 2.32. The maximum atomic E-state index is 12.6. The van der Waals surface area contributed by atoms with Gasteiger partial charge in [0.25, 0.3) is 0 Å². The maximum Gasteiger partial charge on any atom is 0.335 e. The number of nitrogens with two attached hydrogens (primary N) is 1. The lowest BCUT2D eigenvalue weighted by Gasteiger charge is -2.34. The average Bonchev–Trinajstić information content (AvgIpc) is 2.74. The van der Waals surface area contributed by atoms with Crippen molar-refractivity contribution in [3.05, 3.63) is 59.2 Å². The van der Waals surface area contributed by atoms with Gasteiger partial charge in [-0.2, -0.15) is 0 Å². The van der Waals surface area contributed by atoms with Crippen molar-refractivity contribution in [2.45, 2.75) is 50.9 Å². The molecule has 2 atom stereocenters. The van der Waals surface area contributed by atoms with Crippen molar-refractivity contribution in [1.82, 2.24) is 0 Å². The second-order valence-electron chi connectivity index (χ2n) is 7.99. The normalized spacial score (nSPS) is 16.1. The number of aromatic carboxylic acids is 1. The number of carbonyl (C=O) groups excluding carboxylic acids is 1. The van der Waals surface area contributed by atoms with Crippen LogP contribution in [0.4, 0.5) is 5.69 Å². The van der Waals surface area contributed by atoms with E-state index in [-0.39, 0.29) is 17.2 Å². The Morgan fingerprint density at radius 2 is 1.73 bits per heavy atom. The van der Waals surface area contributed by atoms with Crippen molar-refractivity contribution in [3.63, 3.8) is 0 Å². The second-order valence-corrected chi connectivity index (χ2v) is 7.99. The molecule has 0 aromatic heterocycles. The van der Waals surface area contributed by atoms with Crippen LogP contribution in [0.3, 0.4) is 0 Å². The molecule has 6 heteroatoms. The first-order valence-corrected chi connectivity index (χ1v) is 10.6. The summed E-state index contributed by atoms with van der Waals surface area (Å²) in [5, 5.41) is 19.3. The summed E-state index contributed by atoms with van der Waals surface area (Å²) in [5.41, 5.74) is 8.72. The van der Waals surface area contributed by atoms with Crippen LogP contribution in [0.15, 0.2) is 42.5 Å². The smallest absolute Gasteiger partial charge is 0.335 e. The van der Waals surface area contributed by atoms with Gasteiger partial charge in [0.15, 0.2) is 0 Å². The first kappa shape index (κ1) is 21.7. The summed E-state index contributed by atoms with van der Waals surface area (Å²) in [6.45, 7) is 3.91. The van der Waals surface area contributed by atoms with Crippen LogP contribution < -0.4 is 10.6 Å². The molecule has 1 aliphatic rings. The second kappa shape index (κ2) is 9.65. The summed E-state index contributed by atoms with van der Waals surface area (Å²) in [7, 11) is 0. The number of benzene rings is 2. The molecule has 4 N–H and O–H groups in total. The minimum atomic E-state index is -1.01. The van der Waals surface area contributed by atoms with Crippen molar-refractivity contribution in [2.75, 3.05) is 18.0 Å². The van der Waals surface area contributed by atoms with Gasteiger partial charge >= 0.3 is 5.97 Å². The Labute approximate surface area is 177 Å². The molecule has 1 aliphatic heterocycles. The topological polar surface area (TPSA) is 104 Å². The molecule has 3 rings (SSSR count). The maximum absolute atomic E-state index is 12.6. The van der Waals surface area contributed by atoms with E-state index in [2.05, 4.69) is 11.8 Å². The fourth-order valence-corrected chi connectivity index (χ4v) is 4.49. The van der Waals surface area contributed by atoms with Gasteiger partial charge in [0.2, 0.25) is 5.91 Å². The quantitative estimate of drug-likeness (QED) is 0.604. The minimum Gasteiger partial charge on any atom is -0.508 e. The molecular weight excluding hydrogens is 380 g/mol. The molecule has 1 fully saturated rings. The van der Waals surface area contributed by atoms with Crippen LogP contribution >= 0.6 is 0 Å².